The second-order valence-electron chi connectivity index (χ2n) is 6.21. The van der Waals surface area contributed by atoms with Gasteiger partial charge in [0.15, 0.2) is 0 Å². The lowest BCUT2D eigenvalue weighted by Crippen LogP contribution is -2.34. The summed E-state index contributed by atoms with van der Waals surface area (Å²) < 4.78 is 1.17. The van der Waals surface area contributed by atoms with Gasteiger partial charge in [0.05, 0.1) is 25.9 Å². The topological polar surface area (TPSA) is 70.7 Å². The number of carbonyl (C=O) groups is 1. The van der Waals surface area contributed by atoms with Gasteiger partial charge < -0.3 is 10.3 Å². The van der Waals surface area contributed by atoms with Gasteiger partial charge in [-0.3, -0.25) is 4.79 Å². The molecule has 0 aliphatic rings. The van der Waals surface area contributed by atoms with Crippen LogP contribution in [0.5, 0.6) is 0 Å². The van der Waals surface area contributed by atoms with Gasteiger partial charge in [0.1, 0.15) is 5.69 Å². The van der Waals surface area contributed by atoms with Crippen molar-refractivity contribution in [3.05, 3.63) is 57.6 Å². The zero-order chi connectivity index (χ0) is 18.1. The van der Waals surface area contributed by atoms with Crippen molar-refractivity contribution < 1.29 is 4.79 Å². The molecule has 132 valence electrons. The molecule has 1 aromatic carbocycles. The molecule has 3 heterocycles. The van der Waals surface area contributed by atoms with Crippen LogP contribution < -0.4 is 5.32 Å². The van der Waals surface area contributed by atoms with Crippen molar-refractivity contribution in [3.63, 3.8) is 0 Å². The molecule has 0 fully saturated rings. The summed E-state index contributed by atoms with van der Waals surface area (Å²) in [4.78, 5) is 24.6. The first-order valence-electron chi connectivity index (χ1n) is 8.35. The van der Waals surface area contributed by atoms with E-state index in [-0.39, 0.29) is 11.9 Å². The summed E-state index contributed by atoms with van der Waals surface area (Å²) >= 11 is 3.27. The Bertz CT molecular complexity index is 1030. The zero-order valence-corrected chi connectivity index (χ0v) is 16.1. The molecule has 5 nitrogen and oxygen atoms in total. The largest absolute Gasteiger partial charge is 0.357 e. The first-order chi connectivity index (χ1) is 12.6. The maximum atomic E-state index is 12.5. The van der Waals surface area contributed by atoms with Crippen LogP contribution in [0.4, 0.5) is 0 Å². The van der Waals surface area contributed by atoms with E-state index in [9.17, 15) is 4.79 Å². The number of amides is 1. The van der Waals surface area contributed by atoms with Crippen molar-refractivity contribution in [2.75, 3.05) is 0 Å². The number of benzene rings is 1. The lowest BCUT2D eigenvalue weighted by Gasteiger charge is -2.11. The monoisotopic (exact) mass is 382 g/mol. The van der Waals surface area contributed by atoms with Crippen molar-refractivity contribution in [1.82, 2.24) is 20.3 Å². The predicted octanol–water partition coefficient (Wildman–Crippen LogP) is 4.42. The molecule has 0 radical (unpaired) electrons. The number of aromatic amines is 1. The number of rotatable bonds is 5. The Balaban J connectivity index is 1.41. The van der Waals surface area contributed by atoms with Crippen LogP contribution in [0.2, 0.25) is 0 Å². The Kier molecular flexibility index (Phi) is 4.57. The normalized spacial score (nSPS) is 12.4. The number of nitrogens with zero attached hydrogens (tertiary/aromatic N) is 2. The van der Waals surface area contributed by atoms with Gasteiger partial charge in [-0.25, -0.2) is 9.97 Å². The van der Waals surface area contributed by atoms with Gasteiger partial charge in [-0.1, -0.05) is 12.1 Å². The number of para-hydroxylation sites is 1. The SMILES string of the molecule is Cc1nc(-c2c[nH]c(C(=O)N[C@@H](C)Cc3nc4ccccc4s3)c2)cs1. The molecule has 1 atom stereocenters. The number of H-pyrrole nitrogens is 1. The highest BCUT2D eigenvalue weighted by molar-refractivity contribution is 7.18. The first kappa shape index (κ1) is 16.9. The molecule has 0 bridgehead atoms. The fraction of sp³-hybridized carbons (Fsp3) is 0.211. The summed E-state index contributed by atoms with van der Waals surface area (Å²) in [5.74, 6) is -0.114. The summed E-state index contributed by atoms with van der Waals surface area (Å²) in [6, 6.07) is 9.93. The number of hydrogen-bond acceptors (Lipinski definition) is 5. The molecule has 1 amide bonds. The minimum absolute atomic E-state index is 0.00340. The Morgan fingerprint density at radius 1 is 1.31 bits per heavy atom. The molecule has 2 N–H and O–H groups in total. The molecule has 4 rings (SSSR count). The van der Waals surface area contributed by atoms with Gasteiger partial charge in [-0.2, -0.15) is 0 Å². The first-order valence-corrected chi connectivity index (χ1v) is 10.0. The molecule has 0 aliphatic carbocycles. The molecule has 0 aliphatic heterocycles. The molecule has 0 saturated carbocycles. The minimum atomic E-state index is -0.114. The number of thiazole rings is 2. The van der Waals surface area contributed by atoms with Gasteiger partial charge in [0.25, 0.3) is 5.91 Å². The third-order valence-corrected chi connectivity index (χ3v) is 5.87. The molecular weight excluding hydrogens is 364 g/mol. The summed E-state index contributed by atoms with van der Waals surface area (Å²) in [7, 11) is 0. The van der Waals surface area contributed by atoms with Crippen LogP contribution in [-0.4, -0.2) is 26.9 Å². The Hall–Kier alpha value is -2.51. The third-order valence-electron chi connectivity index (χ3n) is 4.04. The maximum absolute atomic E-state index is 12.5. The highest BCUT2D eigenvalue weighted by atomic mass is 32.1. The number of aromatic nitrogens is 3. The number of hydrogen-bond donors (Lipinski definition) is 2. The van der Waals surface area contributed by atoms with Gasteiger partial charge >= 0.3 is 0 Å². The highest BCUT2D eigenvalue weighted by Gasteiger charge is 2.15. The summed E-state index contributed by atoms with van der Waals surface area (Å²) in [6.45, 7) is 3.97. The smallest absolute Gasteiger partial charge is 0.267 e. The lowest BCUT2D eigenvalue weighted by atomic mass is 10.2. The Morgan fingerprint density at radius 3 is 2.92 bits per heavy atom. The maximum Gasteiger partial charge on any atom is 0.267 e. The fourth-order valence-corrected chi connectivity index (χ4v) is 4.51. The van der Waals surface area contributed by atoms with E-state index in [1.807, 2.05) is 49.7 Å². The van der Waals surface area contributed by atoms with Gasteiger partial charge in [0, 0.05) is 29.6 Å². The molecule has 0 spiro atoms. The molecule has 3 aromatic heterocycles. The van der Waals surface area contributed by atoms with Crippen LogP contribution in [0.25, 0.3) is 21.5 Å². The average molecular weight is 383 g/mol. The zero-order valence-electron chi connectivity index (χ0n) is 14.4. The van der Waals surface area contributed by atoms with Crippen LogP contribution in [0.3, 0.4) is 0 Å². The summed E-state index contributed by atoms with van der Waals surface area (Å²) in [5.41, 5.74) is 3.38. The average Bonchev–Trinajstić information content (AvgIpc) is 3.32. The molecule has 0 saturated heterocycles. The van der Waals surface area contributed by atoms with Gasteiger partial charge in [-0.15, -0.1) is 22.7 Å². The number of nitrogens with one attached hydrogen (secondary N) is 2. The number of fused-ring (bicyclic) bond motifs is 1. The van der Waals surface area contributed by atoms with Gasteiger partial charge in [-0.05, 0) is 32.0 Å². The van der Waals surface area contributed by atoms with Crippen LogP contribution in [0, 0.1) is 6.92 Å². The van der Waals surface area contributed by atoms with Crippen molar-refractivity contribution in [3.8, 4) is 11.3 Å². The van der Waals surface area contributed by atoms with E-state index in [1.54, 1.807) is 22.7 Å². The Morgan fingerprint density at radius 2 is 2.15 bits per heavy atom. The Labute approximate surface area is 159 Å². The quantitative estimate of drug-likeness (QED) is 0.537. The second-order valence-corrected chi connectivity index (χ2v) is 8.39. The standard InChI is InChI=1S/C19H18N4OS2/c1-11(7-18-23-14-5-3-4-6-17(14)26-18)21-19(24)15-8-13(9-20-15)16-10-25-12(2)22-16/h3-6,8-11,20H,7H2,1-2H3,(H,21,24)/t11-/m0/s1. The number of aryl methyl sites for hydroxylation is 1. The van der Waals surface area contributed by atoms with E-state index >= 15 is 0 Å². The van der Waals surface area contributed by atoms with E-state index in [0.717, 1.165) is 26.8 Å². The van der Waals surface area contributed by atoms with Crippen LogP contribution in [0.15, 0.2) is 41.9 Å². The number of carbonyl (C=O) groups excluding carboxylic acids is 1. The molecule has 26 heavy (non-hydrogen) atoms. The van der Waals surface area contributed by atoms with Crippen LogP contribution in [-0.2, 0) is 6.42 Å². The van der Waals surface area contributed by atoms with Crippen molar-refractivity contribution >= 4 is 38.8 Å². The van der Waals surface area contributed by atoms with E-state index < -0.39 is 0 Å². The third kappa shape index (κ3) is 3.54. The highest BCUT2D eigenvalue weighted by Crippen LogP contribution is 2.23. The lowest BCUT2D eigenvalue weighted by molar-refractivity contribution is 0.0935. The predicted molar refractivity (Wildman–Crippen MR) is 107 cm³/mol. The van der Waals surface area contributed by atoms with Crippen molar-refractivity contribution in [2.24, 2.45) is 0 Å². The summed E-state index contributed by atoms with van der Waals surface area (Å²) in [5, 5.41) is 7.08. The molecule has 0 unspecified atom stereocenters. The van der Waals surface area contributed by atoms with Crippen LogP contribution in [0.1, 0.15) is 27.4 Å². The minimum Gasteiger partial charge on any atom is -0.357 e. The van der Waals surface area contributed by atoms with Crippen LogP contribution >= 0.6 is 22.7 Å². The van der Waals surface area contributed by atoms with E-state index in [2.05, 4.69) is 26.3 Å². The molecule has 4 aromatic rings. The second kappa shape index (κ2) is 7.01. The van der Waals surface area contributed by atoms with E-state index in [1.165, 1.54) is 4.70 Å². The van der Waals surface area contributed by atoms with Crippen molar-refractivity contribution in [1.29, 1.82) is 0 Å². The molecular formula is C19H18N4OS2. The summed E-state index contributed by atoms with van der Waals surface area (Å²) in [6.07, 6.45) is 2.53. The van der Waals surface area contributed by atoms with Crippen molar-refractivity contribution in [2.45, 2.75) is 26.3 Å². The fourth-order valence-electron chi connectivity index (χ4n) is 2.79. The van der Waals surface area contributed by atoms with Gasteiger partial charge in [0.2, 0.25) is 0 Å². The van der Waals surface area contributed by atoms with E-state index in [0.29, 0.717) is 12.1 Å². The molecule has 7 heteroatoms. The van der Waals surface area contributed by atoms with E-state index in [4.69, 9.17) is 0 Å².